The fourth-order valence-corrected chi connectivity index (χ4v) is 2.79. The van der Waals surface area contributed by atoms with E-state index in [0.29, 0.717) is 0 Å². The molecule has 0 amide bonds. The zero-order valence-corrected chi connectivity index (χ0v) is 11.8. The Balaban J connectivity index is 2.00. The number of hydrogen-bond donors (Lipinski definition) is 1. The van der Waals surface area contributed by atoms with Gasteiger partial charge in [0.05, 0.1) is 0 Å². The molecule has 1 aliphatic rings. The standard InChI is InChI=1S/C16H26N2/c1-3-16(17,4-2)13-18-11-9-14-7-5-6-8-15(14)10-12-18/h5-8H,3-4,9-13,17H2,1-2H3. The third kappa shape index (κ3) is 3.12. The van der Waals surface area contributed by atoms with Gasteiger partial charge in [0.15, 0.2) is 0 Å². The Hall–Kier alpha value is -0.860. The van der Waals surface area contributed by atoms with Crippen LogP contribution in [0.1, 0.15) is 37.8 Å². The number of nitrogens with two attached hydrogens (primary N) is 1. The van der Waals surface area contributed by atoms with Gasteiger partial charge in [-0.1, -0.05) is 38.1 Å². The van der Waals surface area contributed by atoms with E-state index in [9.17, 15) is 0 Å². The van der Waals surface area contributed by atoms with Crippen molar-refractivity contribution in [2.24, 2.45) is 5.73 Å². The van der Waals surface area contributed by atoms with Gasteiger partial charge in [0.2, 0.25) is 0 Å². The van der Waals surface area contributed by atoms with Crippen molar-refractivity contribution in [2.75, 3.05) is 19.6 Å². The molecule has 0 aliphatic carbocycles. The Bertz CT molecular complexity index is 355. The minimum absolute atomic E-state index is 0.00345. The molecule has 1 aromatic rings. The summed E-state index contributed by atoms with van der Waals surface area (Å²) >= 11 is 0. The number of benzene rings is 1. The van der Waals surface area contributed by atoms with Crippen LogP contribution in [0.5, 0.6) is 0 Å². The summed E-state index contributed by atoms with van der Waals surface area (Å²) in [6.45, 7) is 7.74. The smallest absolute Gasteiger partial charge is 0.0278 e. The largest absolute Gasteiger partial charge is 0.324 e. The Kier molecular flexibility index (Phi) is 4.41. The van der Waals surface area contributed by atoms with Crippen LogP contribution < -0.4 is 5.73 Å². The molecule has 1 aromatic carbocycles. The summed E-state index contributed by atoms with van der Waals surface area (Å²) in [7, 11) is 0. The van der Waals surface area contributed by atoms with Crippen LogP contribution in [-0.4, -0.2) is 30.1 Å². The lowest BCUT2D eigenvalue weighted by atomic mass is 9.93. The number of hydrogen-bond acceptors (Lipinski definition) is 2. The van der Waals surface area contributed by atoms with Gasteiger partial charge in [-0.25, -0.2) is 0 Å². The van der Waals surface area contributed by atoms with Crippen LogP contribution in [0, 0.1) is 0 Å². The maximum absolute atomic E-state index is 6.44. The van der Waals surface area contributed by atoms with E-state index in [4.69, 9.17) is 5.73 Å². The molecule has 0 aromatic heterocycles. The van der Waals surface area contributed by atoms with E-state index in [1.165, 1.54) is 24.0 Å². The third-order valence-electron chi connectivity index (χ3n) is 4.46. The molecule has 0 spiro atoms. The van der Waals surface area contributed by atoms with E-state index >= 15 is 0 Å². The molecule has 0 bridgehead atoms. The van der Waals surface area contributed by atoms with Crippen LogP contribution in [0.3, 0.4) is 0 Å². The summed E-state index contributed by atoms with van der Waals surface area (Å²) in [5.41, 5.74) is 9.49. The van der Waals surface area contributed by atoms with E-state index in [-0.39, 0.29) is 5.54 Å². The van der Waals surface area contributed by atoms with Crippen LogP contribution in [0.15, 0.2) is 24.3 Å². The van der Waals surface area contributed by atoms with Gasteiger partial charge >= 0.3 is 0 Å². The van der Waals surface area contributed by atoms with E-state index < -0.39 is 0 Å². The molecular weight excluding hydrogens is 220 g/mol. The predicted molar refractivity (Wildman–Crippen MR) is 77.8 cm³/mol. The third-order valence-corrected chi connectivity index (χ3v) is 4.46. The molecule has 1 aliphatic heterocycles. The molecule has 0 unspecified atom stereocenters. The second-order valence-corrected chi connectivity index (χ2v) is 5.61. The summed E-state index contributed by atoms with van der Waals surface area (Å²) in [5.74, 6) is 0. The molecular formula is C16H26N2. The quantitative estimate of drug-likeness (QED) is 0.885. The average Bonchev–Trinajstić information content (AvgIpc) is 2.62. The van der Waals surface area contributed by atoms with Gasteiger partial charge in [-0.05, 0) is 36.8 Å². The van der Waals surface area contributed by atoms with Gasteiger partial charge in [0, 0.05) is 25.2 Å². The lowest BCUT2D eigenvalue weighted by Crippen LogP contribution is -2.50. The maximum Gasteiger partial charge on any atom is 0.0278 e. The van der Waals surface area contributed by atoms with Crippen molar-refractivity contribution in [3.05, 3.63) is 35.4 Å². The van der Waals surface area contributed by atoms with Crippen molar-refractivity contribution >= 4 is 0 Å². The fraction of sp³-hybridized carbons (Fsp3) is 0.625. The molecule has 2 N–H and O–H groups in total. The summed E-state index contributed by atoms with van der Waals surface area (Å²) < 4.78 is 0. The van der Waals surface area contributed by atoms with E-state index in [2.05, 4.69) is 43.0 Å². The van der Waals surface area contributed by atoms with Gasteiger partial charge in [-0.2, -0.15) is 0 Å². The molecule has 0 saturated carbocycles. The Morgan fingerprint density at radius 3 is 2.00 bits per heavy atom. The SMILES string of the molecule is CCC(N)(CC)CN1CCc2ccccc2CC1. The van der Waals surface area contributed by atoms with E-state index in [0.717, 1.165) is 32.5 Å². The van der Waals surface area contributed by atoms with E-state index in [1.54, 1.807) is 0 Å². The summed E-state index contributed by atoms with van der Waals surface area (Å²) in [4.78, 5) is 2.55. The summed E-state index contributed by atoms with van der Waals surface area (Å²) in [6, 6.07) is 8.85. The van der Waals surface area contributed by atoms with Crippen LogP contribution in [0.2, 0.25) is 0 Å². The Labute approximate surface area is 111 Å². The molecule has 2 rings (SSSR count). The number of nitrogens with zero attached hydrogens (tertiary/aromatic N) is 1. The zero-order valence-electron chi connectivity index (χ0n) is 11.8. The average molecular weight is 246 g/mol. The van der Waals surface area contributed by atoms with Crippen molar-refractivity contribution in [1.29, 1.82) is 0 Å². The molecule has 0 fully saturated rings. The molecule has 100 valence electrons. The minimum Gasteiger partial charge on any atom is -0.324 e. The minimum atomic E-state index is -0.00345. The van der Waals surface area contributed by atoms with Crippen molar-refractivity contribution in [3.63, 3.8) is 0 Å². The van der Waals surface area contributed by atoms with Crippen LogP contribution in [-0.2, 0) is 12.8 Å². The first-order valence-electron chi connectivity index (χ1n) is 7.25. The highest BCUT2D eigenvalue weighted by molar-refractivity contribution is 5.28. The predicted octanol–water partition coefficient (Wildman–Crippen LogP) is 2.60. The monoisotopic (exact) mass is 246 g/mol. The Morgan fingerprint density at radius 2 is 1.56 bits per heavy atom. The molecule has 0 radical (unpaired) electrons. The van der Waals surface area contributed by atoms with Gasteiger partial charge < -0.3 is 10.6 Å². The van der Waals surface area contributed by atoms with Crippen molar-refractivity contribution in [3.8, 4) is 0 Å². The lowest BCUT2D eigenvalue weighted by molar-refractivity contribution is 0.206. The number of fused-ring (bicyclic) bond motifs is 1. The number of rotatable bonds is 4. The van der Waals surface area contributed by atoms with Crippen molar-refractivity contribution < 1.29 is 0 Å². The highest BCUT2D eigenvalue weighted by Crippen LogP contribution is 2.19. The summed E-state index contributed by atoms with van der Waals surface area (Å²) in [6.07, 6.45) is 4.46. The maximum atomic E-state index is 6.44. The molecule has 0 atom stereocenters. The van der Waals surface area contributed by atoms with E-state index in [1.807, 2.05) is 0 Å². The van der Waals surface area contributed by atoms with Crippen molar-refractivity contribution in [1.82, 2.24) is 4.90 Å². The first-order chi connectivity index (χ1) is 8.67. The fourth-order valence-electron chi connectivity index (χ4n) is 2.79. The topological polar surface area (TPSA) is 29.3 Å². The van der Waals surface area contributed by atoms with Gasteiger partial charge in [0.25, 0.3) is 0 Å². The van der Waals surface area contributed by atoms with Gasteiger partial charge in [-0.3, -0.25) is 0 Å². The first-order valence-corrected chi connectivity index (χ1v) is 7.25. The van der Waals surface area contributed by atoms with Crippen LogP contribution in [0.25, 0.3) is 0 Å². The second-order valence-electron chi connectivity index (χ2n) is 5.61. The molecule has 2 heteroatoms. The summed E-state index contributed by atoms with van der Waals surface area (Å²) in [5, 5.41) is 0. The highest BCUT2D eigenvalue weighted by Gasteiger charge is 2.24. The Morgan fingerprint density at radius 1 is 1.06 bits per heavy atom. The first kappa shape index (κ1) is 13.6. The van der Waals surface area contributed by atoms with Crippen LogP contribution >= 0.6 is 0 Å². The highest BCUT2D eigenvalue weighted by atomic mass is 15.1. The lowest BCUT2D eigenvalue weighted by Gasteiger charge is -2.33. The molecule has 1 heterocycles. The van der Waals surface area contributed by atoms with Crippen molar-refractivity contribution in [2.45, 2.75) is 45.1 Å². The molecule has 18 heavy (non-hydrogen) atoms. The molecule has 0 saturated heterocycles. The normalized spacial score (nSPS) is 17.3. The molecule has 2 nitrogen and oxygen atoms in total. The van der Waals surface area contributed by atoms with Crippen LogP contribution in [0.4, 0.5) is 0 Å². The van der Waals surface area contributed by atoms with Gasteiger partial charge in [-0.15, -0.1) is 0 Å². The zero-order chi connectivity index (χ0) is 13.0. The van der Waals surface area contributed by atoms with Gasteiger partial charge in [0.1, 0.15) is 0 Å². The second kappa shape index (κ2) is 5.85.